The summed E-state index contributed by atoms with van der Waals surface area (Å²) in [7, 11) is 1.93. The minimum atomic E-state index is 0.591. The van der Waals surface area contributed by atoms with Crippen molar-refractivity contribution in [1.29, 1.82) is 0 Å². The zero-order chi connectivity index (χ0) is 11.2. The molecule has 1 aromatic rings. The highest BCUT2D eigenvalue weighted by Gasteiger charge is 2.18. The van der Waals surface area contributed by atoms with E-state index in [-0.39, 0.29) is 0 Å². The first kappa shape index (κ1) is 11.8. The van der Waals surface area contributed by atoms with Crippen molar-refractivity contribution in [3.63, 3.8) is 0 Å². The molecule has 6 nitrogen and oxygen atoms in total. The van der Waals surface area contributed by atoms with Crippen LogP contribution in [-0.2, 0) is 11.3 Å². The van der Waals surface area contributed by atoms with Gasteiger partial charge in [-0.3, -0.25) is 0 Å². The van der Waals surface area contributed by atoms with E-state index in [1.165, 1.54) is 0 Å². The van der Waals surface area contributed by atoms with Gasteiger partial charge in [0.15, 0.2) is 0 Å². The zero-order valence-electron chi connectivity index (χ0n) is 9.43. The molecule has 0 radical (unpaired) electrons. The fourth-order valence-corrected chi connectivity index (χ4v) is 2.64. The smallest absolute Gasteiger partial charge is 0.209 e. The van der Waals surface area contributed by atoms with E-state index in [1.807, 2.05) is 11.7 Å². The predicted octanol–water partition coefficient (Wildman–Crippen LogP) is 0.164. The number of nitrogens with zero attached hydrogens (tertiary/aromatic N) is 4. The molecule has 0 aliphatic carbocycles. The van der Waals surface area contributed by atoms with Crippen molar-refractivity contribution in [3.8, 4) is 0 Å². The number of thioether (sulfide) groups is 1. The summed E-state index contributed by atoms with van der Waals surface area (Å²) in [5.41, 5.74) is 0. The second-order valence-electron chi connectivity index (χ2n) is 3.72. The first-order valence-electron chi connectivity index (χ1n) is 5.55. The minimum Gasteiger partial charge on any atom is -0.381 e. The Balaban J connectivity index is 1.89. The maximum Gasteiger partial charge on any atom is 0.209 e. The summed E-state index contributed by atoms with van der Waals surface area (Å²) in [4.78, 5) is 0. The van der Waals surface area contributed by atoms with E-state index < -0.39 is 0 Å². The molecular weight excluding hydrogens is 226 g/mol. The lowest BCUT2D eigenvalue weighted by Crippen LogP contribution is -2.20. The van der Waals surface area contributed by atoms with Crippen molar-refractivity contribution in [3.05, 3.63) is 0 Å². The highest BCUT2D eigenvalue weighted by atomic mass is 32.2. The van der Waals surface area contributed by atoms with Crippen molar-refractivity contribution < 1.29 is 4.74 Å². The largest absolute Gasteiger partial charge is 0.381 e. The molecule has 1 saturated heterocycles. The maximum absolute atomic E-state index is 5.33. The van der Waals surface area contributed by atoms with Gasteiger partial charge >= 0.3 is 0 Å². The van der Waals surface area contributed by atoms with Crippen molar-refractivity contribution in [2.75, 3.05) is 26.8 Å². The molecule has 0 atom stereocenters. The topological polar surface area (TPSA) is 64.9 Å². The van der Waals surface area contributed by atoms with Crippen LogP contribution in [0.25, 0.3) is 0 Å². The third-order valence-corrected chi connectivity index (χ3v) is 3.82. The van der Waals surface area contributed by atoms with Crippen LogP contribution in [0.5, 0.6) is 0 Å². The van der Waals surface area contributed by atoms with Gasteiger partial charge in [-0.15, -0.1) is 5.10 Å². The Morgan fingerprint density at radius 1 is 1.50 bits per heavy atom. The maximum atomic E-state index is 5.33. The monoisotopic (exact) mass is 243 g/mol. The third-order valence-electron chi connectivity index (χ3n) is 2.51. The highest BCUT2D eigenvalue weighted by molar-refractivity contribution is 7.99. The summed E-state index contributed by atoms with van der Waals surface area (Å²) in [6, 6.07) is 0. The summed E-state index contributed by atoms with van der Waals surface area (Å²) in [6.07, 6.45) is 2.17. The Labute approximate surface area is 99.1 Å². The molecule has 1 fully saturated rings. The van der Waals surface area contributed by atoms with Crippen LogP contribution >= 0.6 is 11.8 Å². The number of tetrazole rings is 1. The molecule has 2 heterocycles. The number of nitrogens with one attached hydrogen (secondary N) is 1. The van der Waals surface area contributed by atoms with Gasteiger partial charge in [0.05, 0.1) is 6.54 Å². The molecule has 0 saturated carbocycles. The lowest BCUT2D eigenvalue weighted by molar-refractivity contribution is 0.0999. The van der Waals surface area contributed by atoms with E-state index in [2.05, 4.69) is 20.8 Å². The SMILES string of the molecule is CNCCn1nnnc1SC1CCOCC1. The molecule has 7 heteroatoms. The van der Waals surface area contributed by atoms with E-state index >= 15 is 0 Å². The zero-order valence-corrected chi connectivity index (χ0v) is 10.2. The Morgan fingerprint density at radius 2 is 2.31 bits per heavy atom. The minimum absolute atomic E-state index is 0.591. The molecule has 0 aromatic carbocycles. The van der Waals surface area contributed by atoms with Crippen LogP contribution in [0.1, 0.15) is 12.8 Å². The average Bonchev–Trinajstić information content (AvgIpc) is 2.75. The lowest BCUT2D eigenvalue weighted by atomic mass is 10.2. The number of hydrogen-bond acceptors (Lipinski definition) is 6. The van der Waals surface area contributed by atoms with Crippen molar-refractivity contribution in [2.45, 2.75) is 29.8 Å². The van der Waals surface area contributed by atoms with Crippen LogP contribution in [0.4, 0.5) is 0 Å². The van der Waals surface area contributed by atoms with Gasteiger partial charge in [-0.25, -0.2) is 4.68 Å². The Morgan fingerprint density at radius 3 is 3.06 bits per heavy atom. The molecule has 90 valence electrons. The van der Waals surface area contributed by atoms with Gasteiger partial charge < -0.3 is 10.1 Å². The van der Waals surface area contributed by atoms with Gasteiger partial charge in [0, 0.05) is 25.0 Å². The van der Waals surface area contributed by atoms with Crippen molar-refractivity contribution in [2.24, 2.45) is 0 Å². The number of aromatic nitrogens is 4. The summed E-state index contributed by atoms with van der Waals surface area (Å²) >= 11 is 1.77. The lowest BCUT2D eigenvalue weighted by Gasteiger charge is -2.20. The van der Waals surface area contributed by atoms with Gasteiger partial charge in [-0.2, -0.15) is 0 Å². The molecule has 2 rings (SSSR count). The molecule has 1 N–H and O–H groups in total. The third kappa shape index (κ3) is 3.16. The van der Waals surface area contributed by atoms with E-state index in [0.29, 0.717) is 5.25 Å². The average molecular weight is 243 g/mol. The van der Waals surface area contributed by atoms with Crippen molar-refractivity contribution in [1.82, 2.24) is 25.5 Å². The van der Waals surface area contributed by atoms with Gasteiger partial charge in [0.25, 0.3) is 0 Å². The normalized spacial score (nSPS) is 17.8. The van der Waals surface area contributed by atoms with Crippen LogP contribution in [0, 0.1) is 0 Å². The summed E-state index contributed by atoms with van der Waals surface area (Å²) in [5, 5.41) is 16.4. The second kappa shape index (κ2) is 6.17. The van der Waals surface area contributed by atoms with Crippen molar-refractivity contribution >= 4 is 11.8 Å². The Bertz CT molecular complexity index is 313. The van der Waals surface area contributed by atoms with Crippen LogP contribution in [0.15, 0.2) is 5.16 Å². The van der Waals surface area contributed by atoms with Gasteiger partial charge in [0.2, 0.25) is 5.16 Å². The van der Waals surface area contributed by atoms with E-state index in [0.717, 1.165) is 44.3 Å². The number of rotatable bonds is 5. The highest BCUT2D eigenvalue weighted by Crippen LogP contribution is 2.27. The van der Waals surface area contributed by atoms with E-state index in [1.54, 1.807) is 11.8 Å². The Kier molecular flexibility index (Phi) is 4.55. The first-order chi connectivity index (χ1) is 7.90. The summed E-state index contributed by atoms with van der Waals surface area (Å²) in [5.74, 6) is 0. The van der Waals surface area contributed by atoms with Crippen LogP contribution in [-0.4, -0.2) is 52.3 Å². The molecule has 0 unspecified atom stereocenters. The Hall–Kier alpha value is -0.660. The number of ether oxygens (including phenoxy) is 1. The van der Waals surface area contributed by atoms with E-state index in [9.17, 15) is 0 Å². The van der Waals surface area contributed by atoms with Crippen LogP contribution in [0.2, 0.25) is 0 Å². The summed E-state index contributed by atoms with van der Waals surface area (Å²) < 4.78 is 7.19. The standard InChI is InChI=1S/C9H17N5OS/c1-10-4-5-14-9(11-12-13-14)16-8-2-6-15-7-3-8/h8,10H,2-7H2,1H3. The molecule has 0 spiro atoms. The molecule has 1 aliphatic rings. The molecule has 1 aliphatic heterocycles. The first-order valence-corrected chi connectivity index (χ1v) is 6.43. The number of likely N-dealkylation sites (N-methyl/N-ethyl adjacent to an activating group) is 1. The molecule has 16 heavy (non-hydrogen) atoms. The van der Waals surface area contributed by atoms with E-state index in [4.69, 9.17) is 4.74 Å². The molecule has 1 aromatic heterocycles. The van der Waals surface area contributed by atoms with Gasteiger partial charge in [-0.1, -0.05) is 11.8 Å². The summed E-state index contributed by atoms with van der Waals surface area (Å²) in [6.45, 7) is 3.41. The van der Waals surface area contributed by atoms with Gasteiger partial charge in [0.1, 0.15) is 0 Å². The quantitative estimate of drug-likeness (QED) is 0.795. The second-order valence-corrected chi connectivity index (χ2v) is 4.99. The fourth-order valence-electron chi connectivity index (χ4n) is 1.58. The molecule has 0 amide bonds. The van der Waals surface area contributed by atoms with Crippen LogP contribution in [0.3, 0.4) is 0 Å². The predicted molar refractivity (Wildman–Crippen MR) is 61.4 cm³/mol. The number of hydrogen-bond donors (Lipinski definition) is 1. The molecular formula is C9H17N5OS. The van der Waals surface area contributed by atoms with Crippen LogP contribution < -0.4 is 5.32 Å². The molecule has 0 bridgehead atoms. The van der Waals surface area contributed by atoms with Gasteiger partial charge in [-0.05, 0) is 30.3 Å². The fraction of sp³-hybridized carbons (Fsp3) is 0.889.